The molecule has 0 saturated carbocycles. The molecule has 1 N–H and O–H groups in total. The topological polar surface area (TPSA) is 61.9 Å². The summed E-state index contributed by atoms with van der Waals surface area (Å²) in [5.74, 6) is -0.250. The van der Waals surface area contributed by atoms with Crippen LogP contribution < -0.4 is 10.2 Å². The maximum Gasteiger partial charge on any atom is 0.414 e. The van der Waals surface area contributed by atoms with Crippen molar-refractivity contribution in [2.24, 2.45) is 0 Å². The summed E-state index contributed by atoms with van der Waals surface area (Å²) < 4.78 is 18.3. The van der Waals surface area contributed by atoms with Gasteiger partial charge < -0.3 is 15.0 Å². The third-order valence-electron chi connectivity index (χ3n) is 5.00. The number of urea groups is 1. The smallest absolute Gasteiger partial charge is 0.414 e. The Hall–Kier alpha value is -3.09. The van der Waals surface area contributed by atoms with Crippen LogP contribution in [0.3, 0.4) is 0 Å². The van der Waals surface area contributed by atoms with Gasteiger partial charge in [-0.1, -0.05) is 12.1 Å². The molecule has 2 aliphatic rings. The number of hydrogen-bond acceptors (Lipinski definition) is 3. The molecule has 0 atom stereocenters. The monoisotopic (exact) mass is 369 g/mol. The molecule has 27 heavy (non-hydrogen) atoms. The van der Waals surface area contributed by atoms with Gasteiger partial charge in [0.2, 0.25) is 0 Å². The zero-order valence-electron chi connectivity index (χ0n) is 15.0. The van der Waals surface area contributed by atoms with E-state index >= 15 is 0 Å². The highest BCUT2D eigenvalue weighted by Gasteiger charge is 2.25. The van der Waals surface area contributed by atoms with Gasteiger partial charge in [0, 0.05) is 24.5 Å². The highest BCUT2D eigenvalue weighted by Crippen LogP contribution is 2.27. The minimum absolute atomic E-state index is 0.214. The van der Waals surface area contributed by atoms with Crippen molar-refractivity contribution in [1.29, 1.82) is 0 Å². The fourth-order valence-electron chi connectivity index (χ4n) is 3.43. The Labute approximate surface area is 156 Å². The zero-order chi connectivity index (χ0) is 19.0. The first-order valence-electron chi connectivity index (χ1n) is 8.89. The van der Waals surface area contributed by atoms with E-state index in [1.807, 2.05) is 19.1 Å². The van der Waals surface area contributed by atoms with Crippen LogP contribution in [0.15, 0.2) is 36.4 Å². The molecule has 7 heteroatoms. The van der Waals surface area contributed by atoms with Crippen LogP contribution in [-0.4, -0.2) is 36.7 Å². The average Bonchev–Trinajstić information content (AvgIpc) is 3.09. The molecular weight excluding hydrogens is 349 g/mol. The van der Waals surface area contributed by atoms with E-state index in [1.54, 1.807) is 21.9 Å². The molecule has 0 radical (unpaired) electrons. The third-order valence-corrected chi connectivity index (χ3v) is 5.00. The Balaban J connectivity index is 1.50. The lowest BCUT2D eigenvalue weighted by Gasteiger charge is -2.29. The van der Waals surface area contributed by atoms with Gasteiger partial charge in [0.1, 0.15) is 12.4 Å². The number of nitrogens with one attached hydrogen (secondary N) is 1. The highest BCUT2D eigenvalue weighted by molar-refractivity contribution is 5.94. The van der Waals surface area contributed by atoms with Gasteiger partial charge in [-0.3, -0.25) is 4.90 Å². The van der Waals surface area contributed by atoms with Crippen LogP contribution in [0.2, 0.25) is 0 Å². The number of rotatable bonds is 2. The van der Waals surface area contributed by atoms with Crippen LogP contribution in [0.1, 0.15) is 16.7 Å². The van der Waals surface area contributed by atoms with Crippen molar-refractivity contribution in [3.63, 3.8) is 0 Å². The number of nitrogens with zero attached hydrogens (tertiary/aromatic N) is 2. The number of halogens is 1. The van der Waals surface area contributed by atoms with Crippen molar-refractivity contribution >= 4 is 23.5 Å². The predicted molar refractivity (Wildman–Crippen MR) is 99.4 cm³/mol. The molecule has 0 aliphatic carbocycles. The molecule has 1 saturated heterocycles. The first kappa shape index (κ1) is 17.3. The van der Waals surface area contributed by atoms with E-state index in [1.165, 1.54) is 12.1 Å². The summed E-state index contributed by atoms with van der Waals surface area (Å²) in [6, 6.07) is 9.96. The van der Waals surface area contributed by atoms with Crippen molar-refractivity contribution in [2.75, 3.05) is 29.9 Å². The molecular formula is C20H20FN3O3. The average molecular weight is 369 g/mol. The number of hydrogen-bond donors (Lipinski definition) is 1. The number of benzene rings is 2. The molecule has 2 aromatic rings. The van der Waals surface area contributed by atoms with Crippen LogP contribution in [0.25, 0.3) is 0 Å². The Bertz CT molecular complexity index is 915. The molecule has 0 aromatic heterocycles. The Kier molecular flexibility index (Phi) is 4.43. The van der Waals surface area contributed by atoms with Gasteiger partial charge in [0.15, 0.2) is 0 Å². The lowest BCUT2D eigenvalue weighted by molar-refractivity contribution is 0.181. The standard InChI is InChI=1S/C20H20FN3O3/c1-13-2-5-17(24-8-9-27-20(24)26)11-18(13)22-19(25)23-7-6-14-10-16(21)4-3-15(14)12-23/h2-5,10-11H,6-9,12H2,1H3,(H,22,25). The highest BCUT2D eigenvalue weighted by atomic mass is 19.1. The van der Waals surface area contributed by atoms with E-state index < -0.39 is 0 Å². The lowest BCUT2D eigenvalue weighted by Crippen LogP contribution is -2.39. The third kappa shape index (κ3) is 3.45. The van der Waals surface area contributed by atoms with Crippen LogP contribution in [0, 0.1) is 12.7 Å². The molecule has 6 nitrogen and oxygen atoms in total. The molecule has 4 rings (SSSR count). The number of carbonyl (C=O) groups is 2. The van der Waals surface area contributed by atoms with Gasteiger partial charge in [0.25, 0.3) is 0 Å². The van der Waals surface area contributed by atoms with E-state index in [-0.39, 0.29) is 17.9 Å². The summed E-state index contributed by atoms with van der Waals surface area (Å²) in [5, 5.41) is 2.93. The molecule has 1 fully saturated rings. The van der Waals surface area contributed by atoms with E-state index in [4.69, 9.17) is 4.74 Å². The first-order valence-corrected chi connectivity index (χ1v) is 8.89. The second-order valence-electron chi connectivity index (χ2n) is 6.78. The van der Waals surface area contributed by atoms with Crippen molar-refractivity contribution in [3.05, 3.63) is 58.9 Å². The quantitative estimate of drug-likeness (QED) is 0.878. The van der Waals surface area contributed by atoms with E-state index in [2.05, 4.69) is 5.32 Å². The van der Waals surface area contributed by atoms with Crippen molar-refractivity contribution in [2.45, 2.75) is 19.9 Å². The number of anilines is 2. The number of carbonyl (C=O) groups excluding carboxylic acids is 2. The second-order valence-corrected chi connectivity index (χ2v) is 6.78. The summed E-state index contributed by atoms with van der Waals surface area (Å²) in [7, 11) is 0. The van der Waals surface area contributed by atoms with E-state index in [0.717, 1.165) is 16.7 Å². The molecule has 2 aliphatic heterocycles. The number of amides is 3. The number of fused-ring (bicyclic) bond motifs is 1. The molecule has 0 spiro atoms. The van der Waals surface area contributed by atoms with Crippen molar-refractivity contribution < 1.29 is 18.7 Å². The van der Waals surface area contributed by atoms with Crippen molar-refractivity contribution in [1.82, 2.24) is 4.90 Å². The fourth-order valence-corrected chi connectivity index (χ4v) is 3.43. The van der Waals surface area contributed by atoms with Gasteiger partial charge in [-0.05, 0) is 54.3 Å². The number of aryl methyl sites for hydroxylation is 1. The van der Waals surface area contributed by atoms with Gasteiger partial charge >= 0.3 is 12.1 Å². The molecule has 2 heterocycles. The molecule has 0 unspecified atom stereocenters. The predicted octanol–water partition coefficient (Wildman–Crippen LogP) is 3.68. The summed E-state index contributed by atoms with van der Waals surface area (Å²) in [5.41, 5.74) is 4.16. The maximum atomic E-state index is 13.3. The Morgan fingerprint density at radius 2 is 2.00 bits per heavy atom. The molecule has 2 aromatic carbocycles. The zero-order valence-corrected chi connectivity index (χ0v) is 15.0. The minimum atomic E-state index is -0.379. The Morgan fingerprint density at radius 3 is 2.78 bits per heavy atom. The Morgan fingerprint density at radius 1 is 1.15 bits per heavy atom. The fraction of sp³-hybridized carbons (Fsp3) is 0.300. The van der Waals surface area contributed by atoms with Crippen LogP contribution in [0.5, 0.6) is 0 Å². The largest absolute Gasteiger partial charge is 0.447 e. The summed E-state index contributed by atoms with van der Waals surface area (Å²) in [6.07, 6.45) is 0.245. The van der Waals surface area contributed by atoms with Crippen molar-refractivity contribution in [3.8, 4) is 0 Å². The lowest BCUT2D eigenvalue weighted by atomic mass is 10.00. The minimum Gasteiger partial charge on any atom is -0.447 e. The van der Waals surface area contributed by atoms with E-state index in [0.29, 0.717) is 44.0 Å². The SMILES string of the molecule is Cc1ccc(N2CCOC2=O)cc1NC(=O)N1CCc2cc(F)ccc2C1. The maximum absolute atomic E-state index is 13.3. The number of ether oxygens (including phenoxy) is 1. The van der Waals surface area contributed by atoms with Crippen LogP contribution in [0.4, 0.5) is 25.4 Å². The van der Waals surface area contributed by atoms with Crippen LogP contribution >= 0.6 is 0 Å². The second kappa shape index (κ2) is 6.90. The van der Waals surface area contributed by atoms with E-state index in [9.17, 15) is 14.0 Å². The van der Waals surface area contributed by atoms with Crippen LogP contribution in [-0.2, 0) is 17.7 Å². The normalized spacial score (nSPS) is 16.1. The number of cyclic esters (lactones) is 1. The summed E-state index contributed by atoms with van der Waals surface area (Å²) in [6.45, 7) is 3.73. The summed E-state index contributed by atoms with van der Waals surface area (Å²) in [4.78, 5) is 27.7. The first-order chi connectivity index (χ1) is 13.0. The summed E-state index contributed by atoms with van der Waals surface area (Å²) >= 11 is 0. The molecule has 3 amide bonds. The van der Waals surface area contributed by atoms with Gasteiger partial charge in [-0.15, -0.1) is 0 Å². The molecule has 0 bridgehead atoms. The van der Waals surface area contributed by atoms with Gasteiger partial charge in [-0.25, -0.2) is 14.0 Å². The van der Waals surface area contributed by atoms with Gasteiger partial charge in [0.05, 0.1) is 6.54 Å². The molecule has 140 valence electrons. The van der Waals surface area contributed by atoms with Gasteiger partial charge in [-0.2, -0.15) is 0 Å².